The lowest BCUT2D eigenvalue weighted by atomic mass is 9.85. The van der Waals surface area contributed by atoms with E-state index in [-0.39, 0.29) is 0 Å². The fourth-order valence-electron chi connectivity index (χ4n) is 2.82. The van der Waals surface area contributed by atoms with E-state index in [2.05, 4.69) is 31.0 Å². The number of nitrogens with one attached hydrogen (secondary N) is 1. The molecule has 0 aromatic carbocycles. The molecule has 0 bridgehead atoms. The third kappa shape index (κ3) is 3.67. The van der Waals surface area contributed by atoms with Crippen LogP contribution in [0.1, 0.15) is 27.2 Å². The van der Waals surface area contributed by atoms with E-state index in [4.69, 9.17) is 9.47 Å². The largest absolute Gasteiger partial charge is 0.381 e. The molecule has 0 saturated carbocycles. The molecule has 0 radical (unpaired) electrons. The number of ether oxygens (including phenoxy) is 2. The van der Waals surface area contributed by atoms with Gasteiger partial charge in [0.25, 0.3) is 0 Å². The molecule has 2 heterocycles. The molecule has 1 N–H and O–H groups in total. The van der Waals surface area contributed by atoms with Gasteiger partial charge in [-0.15, -0.1) is 0 Å². The summed E-state index contributed by atoms with van der Waals surface area (Å²) in [6, 6.07) is 1.08. The van der Waals surface area contributed by atoms with Crippen LogP contribution in [-0.2, 0) is 9.47 Å². The average molecular weight is 256 g/mol. The Bertz CT molecular complexity index is 252. The van der Waals surface area contributed by atoms with Crippen molar-refractivity contribution in [2.45, 2.75) is 39.3 Å². The average Bonchev–Trinajstić information content (AvgIpc) is 2.79. The lowest BCUT2D eigenvalue weighted by Crippen LogP contribution is -2.52. The van der Waals surface area contributed by atoms with E-state index in [1.54, 1.807) is 0 Å². The second-order valence-electron chi connectivity index (χ2n) is 6.23. The number of morpholine rings is 1. The van der Waals surface area contributed by atoms with Gasteiger partial charge in [0, 0.05) is 43.7 Å². The lowest BCUT2D eigenvalue weighted by Gasteiger charge is -2.40. The van der Waals surface area contributed by atoms with Crippen LogP contribution < -0.4 is 5.32 Å². The predicted molar refractivity (Wildman–Crippen MR) is 72.9 cm³/mol. The molecule has 0 aromatic heterocycles. The quantitative estimate of drug-likeness (QED) is 0.799. The normalized spacial score (nSPS) is 34.3. The van der Waals surface area contributed by atoms with Crippen molar-refractivity contribution in [3.8, 4) is 0 Å². The van der Waals surface area contributed by atoms with Gasteiger partial charge in [-0.2, -0.15) is 0 Å². The summed E-state index contributed by atoms with van der Waals surface area (Å²) >= 11 is 0. The van der Waals surface area contributed by atoms with Gasteiger partial charge in [-0.1, -0.05) is 13.8 Å². The minimum Gasteiger partial charge on any atom is -0.381 e. The zero-order valence-electron chi connectivity index (χ0n) is 12.1. The van der Waals surface area contributed by atoms with Gasteiger partial charge in [0.1, 0.15) is 0 Å². The van der Waals surface area contributed by atoms with Gasteiger partial charge in [-0.25, -0.2) is 0 Å². The molecule has 0 aliphatic carbocycles. The first-order valence-electron chi connectivity index (χ1n) is 7.24. The number of hydrogen-bond donors (Lipinski definition) is 1. The highest BCUT2D eigenvalue weighted by atomic mass is 16.5. The minimum absolute atomic E-state index is 0.301. The Morgan fingerprint density at radius 1 is 1.33 bits per heavy atom. The molecular weight excluding hydrogens is 228 g/mol. The highest BCUT2D eigenvalue weighted by Gasteiger charge is 2.38. The molecule has 4 heteroatoms. The topological polar surface area (TPSA) is 33.7 Å². The van der Waals surface area contributed by atoms with Gasteiger partial charge in [-0.3, -0.25) is 4.90 Å². The first kappa shape index (κ1) is 14.3. The van der Waals surface area contributed by atoms with Gasteiger partial charge in [0.2, 0.25) is 0 Å². The van der Waals surface area contributed by atoms with Crippen LogP contribution in [0, 0.1) is 5.41 Å². The number of hydrogen-bond acceptors (Lipinski definition) is 4. The molecule has 2 fully saturated rings. The first-order chi connectivity index (χ1) is 8.61. The summed E-state index contributed by atoms with van der Waals surface area (Å²) < 4.78 is 11.2. The zero-order valence-corrected chi connectivity index (χ0v) is 12.1. The molecular formula is C14H28N2O2. The van der Waals surface area contributed by atoms with Crippen molar-refractivity contribution in [2.75, 3.05) is 46.1 Å². The fraction of sp³-hybridized carbons (Fsp3) is 1.00. The van der Waals surface area contributed by atoms with Crippen LogP contribution in [0.15, 0.2) is 0 Å². The Kier molecular flexibility index (Phi) is 5.01. The predicted octanol–water partition coefficient (Wildman–Crippen LogP) is 1.11. The van der Waals surface area contributed by atoms with Crippen molar-refractivity contribution >= 4 is 0 Å². The maximum atomic E-state index is 5.67. The van der Waals surface area contributed by atoms with E-state index in [0.29, 0.717) is 17.5 Å². The van der Waals surface area contributed by atoms with Crippen LogP contribution in [0.5, 0.6) is 0 Å². The molecule has 18 heavy (non-hydrogen) atoms. The van der Waals surface area contributed by atoms with Gasteiger partial charge >= 0.3 is 0 Å². The van der Waals surface area contributed by atoms with E-state index in [1.165, 1.54) is 6.42 Å². The van der Waals surface area contributed by atoms with Crippen molar-refractivity contribution < 1.29 is 9.47 Å². The molecule has 2 rings (SSSR count). The summed E-state index contributed by atoms with van der Waals surface area (Å²) in [5, 5.41) is 3.59. The van der Waals surface area contributed by atoms with E-state index in [1.807, 2.05) is 0 Å². The van der Waals surface area contributed by atoms with Crippen molar-refractivity contribution in [3.05, 3.63) is 0 Å². The van der Waals surface area contributed by atoms with Crippen LogP contribution in [0.2, 0.25) is 0 Å². The van der Waals surface area contributed by atoms with Crippen LogP contribution in [0.25, 0.3) is 0 Å². The third-order valence-electron chi connectivity index (χ3n) is 4.11. The molecule has 2 unspecified atom stereocenters. The molecule has 2 saturated heterocycles. The smallest absolute Gasteiger partial charge is 0.0619 e. The van der Waals surface area contributed by atoms with E-state index in [0.717, 1.165) is 46.1 Å². The van der Waals surface area contributed by atoms with Gasteiger partial charge in [0.05, 0.1) is 19.8 Å². The Labute approximate surface area is 111 Å². The van der Waals surface area contributed by atoms with E-state index < -0.39 is 0 Å². The minimum atomic E-state index is 0.301. The molecule has 2 aliphatic heterocycles. The molecule has 2 atom stereocenters. The van der Waals surface area contributed by atoms with E-state index in [9.17, 15) is 0 Å². The number of nitrogens with zero attached hydrogens (tertiary/aromatic N) is 1. The SMILES string of the molecule is CC(C)NCC1(CN2CCOCC2C)CCOC1. The van der Waals surface area contributed by atoms with Gasteiger partial charge in [0.15, 0.2) is 0 Å². The molecule has 4 nitrogen and oxygen atoms in total. The zero-order chi connectivity index (χ0) is 13.0. The van der Waals surface area contributed by atoms with Gasteiger partial charge < -0.3 is 14.8 Å². The second-order valence-corrected chi connectivity index (χ2v) is 6.23. The monoisotopic (exact) mass is 256 g/mol. The molecule has 2 aliphatic rings. The number of rotatable bonds is 5. The van der Waals surface area contributed by atoms with Gasteiger partial charge in [-0.05, 0) is 13.3 Å². The van der Waals surface area contributed by atoms with Crippen LogP contribution in [0.3, 0.4) is 0 Å². The standard InChI is InChI=1S/C14H28N2O2/c1-12(2)15-9-14(4-6-18-11-14)10-16-5-7-17-8-13(16)3/h12-13,15H,4-11H2,1-3H3. The van der Waals surface area contributed by atoms with E-state index >= 15 is 0 Å². The summed E-state index contributed by atoms with van der Waals surface area (Å²) in [7, 11) is 0. The van der Waals surface area contributed by atoms with Crippen LogP contribution in [0.4, 0.5) is 0 Å². The lowest BCUT2D eigenvalue weighted by molar-refractivity contribution is -0.0222. The highest BCUT2D eigenvalue weighted by Crippen LogP contribution is 2.30. The van der Waals surface area contributed by atoms with Crippen molar-refractivity contribution in [1.29, 1.82) is 0 Å². The summed E-state index contributed by atoms with van der Waals surface area (Å²) in [5.74, 6) is 0. The first-order valence-corrected chi connectivity index (χ1v) is 7.24. The Hall–Kier alpha value is -0.160. The maximum Gasteiger partial charge on any atom is 0.0619 e. The van der Waals surface area contributed by atoms with Crippen molar-refractivity contribution in [2.24, 2.45) is 5.41 Å². The van der Waals surface area contributed by atoms with Crippen molar-refractivity contribution in [1.82, 2.24) is 10.2 Å². The Morgan fingerprint density at radius 3 is 2.78 bits per heavy atom. The Balaban J connectivity index is 1.92. The second kappa shape index (κ2) is 6.33. The maximum absolute atomic E-state index is 5.67. The summed E-state index contributed by atoms with van der Waals surface area (Å²) in [6.45, 7) is 13.5. The molecule has 0 spiro atoms. The van der Waals surface area contributed by atoms with Crippen molar-refractivity contribution in [3.63, 3.8) is 0 Å². The molecule has 0 amide bonds. The third-order valence-corrected chi connectivity index (χ3v) is 4.11. The van der Waals surface area contributed by atoms with Crippen LogP contribution >= 0.6 is 0 Å². The summed E-state index contributed by atoms with van der Waals surface area (Å²) in [6.07, 6.45) is 1.18. The van der Waals surface area contributed by atoms with Crippen LogP contribution in [-0.4, -0.2) is 63.0 Å². The summed E-state index contributed by atoms with van der Waals surface area (Å²) in [5.41, 5.74) is 0.301. The summed E-state index contributed by atoms with van der Waals surface area (Å²) in [4.78, 5) is 2.57. The molecule has 0 aromatic rings. The highest BCUT2D eigenvalue weighted by molar-refractivity contribution is 4.90. The Morgan fingerprint density at radius 2 is 2.17 bits per heavy atom. The fourth-order valence-corrected chi connectivity index (χ4v) is 2.82. The molecule has 106 valence electrons.